The largest absolute Gasteiger partial charge is 0.497 e. The van der Waals surface area contributed by atoms with E-state index in [2.05, 4.69) is 34.2 Å². The highest BCUT2D eigenvalue weighted by Crippen LogP contribution is 2.29. The van der Waals surface area contributed by atoms with Gasteiger partial charge in [-0.3, -0.25) is 4.79 Å². The normalized spacial score (nSPS) is 12.8. The predicted octanol–water partition coefficient (Wildman–Crippen LogP) is 3.30. The summed E-state index contributed by atoms with van der Waals surface area (Å²) in [6.45, 7) is 2.28. The first-order valence-electron chi connectivity index (χ1n) is 9.55. The number of methoxy groups -OCH3 is 2. The highest BCUT2D eigenvalue weighted by molar-refractivity contribution is 7.10. The first-order valence-corrected chi connectivity index (χ1v) is 10.4. The van der Waals surface area contributed by atoms with Gasteiger partial charge in [0.2, 0.25) is 0 Å². The molecule has 1 aromatic heterocycles. The molecule has 3 N–H and O–H groups in total. The number of hydrogen-bond acceptors (Lipinski definition) is 4. The third kappa shape index (κ3) is 5.37. The molecule has 0 aliphatic rings. The molecule has 0 saturated carbocycles. The predicted molar refractivity (Wildman–Crippen MR) is 116 cm³/mol. The summed E-state index contributed by atoms with van der Waals surface area (Å²) in [6, 6.07) is 19.9. The van der Waals surface area contributed by atoms with Crippen LogP contribution in [-0.4, -0.2) is 26.7 Å². The van der Waals surface area contributed by atoms with E-state index in [0.29, 0.717) is 6.54 Å². The number of carbonyl (C=O) groups is 1. The Hall–Kier alpha value is -2.83. The number of quaternary nitrogens is 1. The van der Waals surface area contributed by atoms with E-state index in [-0.39, 0.29) is 18.0 Å². The molecule has 0 aliphatic heterocycles. The van der Waals surface area contributed by atoms with Crippen LogP contribution in [0.15, 0.2) is 66.0 Å². The van der Waals surface area contributed by atoms with Crippen molar-refractivity contribution in [2.45, 2.75) is 19.0 Å². The van der Waals surface area contributed by atoms with Crippen molar-refractivity contribution in [3.05, 3.63) is 82.0 Å². The minimum Gasteiger partial charge on any atom is -0.497 e. The summed E-state index contributed by atoms with van der Waals surface area (Å²) in [7, 11) is 3.25. The highest BCUT2D eigenvalue weighted by atomic mass is 32.1. The molecule has 0 saturated heterocycles. The molecule has 3 rings (SSSR count). The Kier molecular flexibility index (Phi) is 7.27. The van der Waals surface area contributed by atoms with Crippen molar-refractivity contribution in [1.82, 2.24) is 5.32 Å². The maximum Gasteiger partial charge on any atom is 0.275 e. The van der Waals surface area contributed by atoms with Gasteiger partial charge in [0.1, 0.15) is 17.5 Å². The van der Waals surface area contributed by atoms with E-state index in [9.17, 15) is 4.79 Å². The number of nitrogens with one attached hydrogen (secondary N) is 1. The second-order valence-electron chi connectivity index (χ2n) is 6.74. The number of carbonyl (C=O) groups excluding carboxylic acids is 1. The minimum atomic E-state index is -0.196. The van der Waals surface area contributed by atoms with Gasteiger partial charge in [0.05, 0.1) is 25.1 Å². The number of nitrogens with two attached hydrogens (primary N) is 1. The summed E-state index contributed by atoms with van der Waals surface area (Å²) >= 11 is 1.70. The Bertz CT molecular complexity index is 913. The molecule has 0 fully saturated rings. The van der Waals surface area contributed by atoms with E-state index >= 15 is 0 Å². The van der Waals surface area contributed by atoms with E-state index < -0.39 is 0 Å². The SMILES string of the molecule is COc1ccc(OC)c([C@@H](C)NC(=O)C[NH2+][C@H](c2ccccc2)c2cccs2)c1. The molecule has 2 aromatic carbocycles. The van der Waals surface area contributed by atoms with Gasteiger partial charge < -0.3 is 20.1 Å². The van der Waals surface area contributed by atoms with Gasteiger partial charge in [0.25, 0.3) is 5.91 Å². The molecule has 0 spiro atoms. The first-order chi connectivity index (χ1) is 14.1. The second-order valence-corrected chi connectivity index (χ2v) is 7.72. The van der Waals surface area contributed by atoms with Crippen LogP contribution >= 0.6 is 11.3 Å². The van der Waals surface area contributed by atoms with Gasteiger partial charge >= 0.3 is 0 Å². The van der Waals surface area contributed by atoms with Gasteiger partial charge in [-0.2, -0.15) is 0 Å². The van der Waals surface area contributed by atoms with Crippen molar-refractivity contribution in [2.24, 2.45) is 0 Å². The van der Waals surface area contributed by atoms with Crippen LogP contribution in [0.25, 0.3) is 0 Å². The molecule has 0 bridgehead atoms. The van der Waals surface area contributed by atoms with E-state index in [1.165, 1.54) is 10.4 Å². The zero-order valence-electron chi connectivity index (χ0n) is 16.9. The molecule has 0 radical (unpaired) electrons. The van der Waals surface area contributed by atoms with Crippen molar-refractivity contribution < 1.29 is 19.6 Å². The Morgan fingerprint density at radius 1 is 1.07 bits per heavy atom. The van der Waals surface area contributed by atoms with Crippen LogP contribution in [0.3, 0.4) is 0 Å². The number of rotatable bonds is 9. The summed E-state index contributed by atoms with van der Waals surface area (Å²) in [5, 5.41) is 7.21. The average Bonchev–Trinajstić information content (AvgIpc) is 3.28. The Labute approximate surface area is 175 Å². The van der Waals surface area contributed by atoms with Crippen LogP contribution in [0.5, 0.6) is 11.5 Å². The van der Waals surface area contributed by atoms with Crippen molar-refractivity contribution in [3.63, 3.8) is 0 Å². The fourth-order valence-corrected chi connectivity index (χ4v) is 4.18. The molecule has 0 unspecified atom stereocenters. The van der Waals surface area contributed by atoms with Crippen molar-refractivity contribution in [1.29, 1.82) is 0 Å². The molecular weight excluding hydrogens is 384 g/mol. The van der Waals surface area contributed by atoms with Gasteiger partial charge in [-0.1, -0.05) is 36.4 Å². The van der Waals surface area contributed by atoms with Crippen LogP contribution in [0.4, 0.5) is 0 Å². The molecule has 29 heavy (non-hydrogen) atoms. The molecule has 0 aliphatic carbocycles. The van der Waals surface area contributed by atoms with Crippen LogP contribution in [0.2, 0.25) is 0 Å². The quantitative estimate of drug-likeness (QED) is 0.568. The summed E-state index contributed by atoms with van der Waals surface area (Å²) < 4.78 is 10.7. The number of ether oxygens (including phenoxy) is 2. The average molecular weight is 412 g/mol. The molecule has 5 nitrogen and oxygen atoms in total. The lowest BCUT2D eigenvalue weighted by Gasteiger charge is -2.19. The Morgan fingerprint density at radius 2 is 1.86 bits per heavy atom. The van der Waals surface area contributed by atoms with E-state index in [1.807, 2.05) is 49.4 Å². The summed E-state index contributed by atoms with van der Waals surface area (Å²) in [5.41, 5.74) is 2.07. The second kappa shape index (κ2) is 10.1. The number of hydrogen-bond donors (Lipinski definition) is 2. The van der Waals surface area contributed by atoms with Crippen molar-refractivity contribution in [3.8, 4) is 11.5 Å². The van der Waals surface area contributed by atoms with E-state index in [1.54, 1.807) is 25.6 Å². The number of benzene rings is 2. The van der Waals surface area contributed by atoms with Gasteiger partial charge in [0, 0.05) is 11.1 Å². The maximum absolute atomic E-state index is 12.7. The van der Waals surface area contributed by atoms with E-state index in [4.69, 9.17) is 9.47 Å². The van der Waals surface area contributed by atoms with Crippen LogP contribution in [-0.2, 0) is 4.79 Å². The molecule has 3 aromatic rings. The van der Waals surface area contributed by atoms with Gasteiger partial charge in [0.15, 0.2) is 6.54 Å². The molecule has 2 atom stereocenters. The first kappa shape index (κ1) is 20.9. The monoisotopic (exact) mass is 411 g/mol. The summed E-state index contributed by atoms with van der Waals surface area (Å²) in [4.78, 5) is 13.9. The summed E-state index contributed by atoms with van der Waals surface area (Å²) in [5.74, 6) is 1.43. The maximum atomic E-state index is 12.7. The smallest absolute Gasteiger partial charge is 0.275 e. The zero-order chi connectivity index (χ0) is 20.6. The lowest BCUT2D eigenvalue weighted by atomic mass is 10.1. The van der Waals surface area contributed by atoms with Gasteiger partial charge in [-0.25, -0.2) is 0 Å². The third-order valence-corrected chi connectivity index (χ3v) is 5.78. The highest BCUT2D eigenvalue weighted by Gasteiger charge is 2.21. The number of amides is 1. The lowest BCUT2D eigenvalue weighted by molar-refractivity contribution is -0.676. The van der Waals surface area contributed by atoms with Crippen LogP contribution in [0.1, 0.15) is 35.0 Å². The minimum absolute atomic E-state index is 0.0279. The number of thiophene rings is 1. The molecule has 6 heteroatoms. The van der Waals surface area contributed by atoms with Gasteiger partial charge in [-0.15, -0.1) is 11.3 Å². The topological polar surface area (TPSA) is 64.2 Å². The van der Waals surface area contributed by atoms with E-state index in [0.717, 1.165) is 17.1 Å². The zero-order valence-corrected chi connectivity index (χ0v) is 17.7. The molecule has 1 heterocycles. The lowest BCUT2D eigenvalue weighted by Crippen LogP contribution is -2.87. The summed E-state index contributed by atoms with van der Waals surface area (Å²) in [6.07, 6.45) is 0. The van der Waals surface area contributed by atoms with Crippen LogP contribution in [0, 0.1) is 0 Å². The third-order valence-electron chi connectivity index (χ3n) is 4.83. The fraction of sp³-hybridized carbons (Fsp3) is 0.261. The molecule has 152 valence electrons. The Balaban J connectivity index is 1.67. The fourth-order valence-electron chi connectivity index (χ4n) is 3.33. The Morgan fingerprint density at radius 3 is 2.52 bits per heavy atom. The van der Waals surface area contributed by atoms with Gasteiger partial charge in [-0.05, 0) is 36.6 Å². The van der Waals surface area contributed by atoms with Crippen LogP contribution < -0.4 is 20.1 Å². The molecule has 1 amide bonds. The standard InChI is InChI=1S/C23H26N2O3S/c1-16(19-14-18(27-2)11-12-20(19)28-3)25-22(26)15-24-23(21-10-7-13-29-21)17-8-5-4-6-9-17/h4-14,16,23-24H,15H2,1-3H3,(H,25,26)/p+1/t16-,23-/m1/s1. The molecular formula is C23H27N2O3S+. The van der Waals surface area contributed by atoms with Crippen molar-refractivity contribution in [2.75, 3.05) is 20.8 Å². The van der Waals surface area contributed by atoms with Crippen molar-refractivity contribution >= 4 is 17.2 Å².